The average molecular weight is 481 g/mol. The van der Waals surface area contributed by atoms with Gasteiger partial charge in [0.15, 0.2) is 0 Å². The van der Waals surface area contributed by atoms with E-state index in [4.69, 9.17) is 4.74 Å². The highest BCUT2D eigenvalue weighted by Crippen LogP contribution is 2.26. The Hall–Kier alpha value is -2.64. The molecule has 0 aromatic heterocycles. The van der Waals surface area contributed by atoms with Crippen LogP contribution in [0.25, 0.3) is 0 Å². The Bertz CT molecular complexity index is 1010. The molecule has 1 heterocycles. The van der Waals surface area contributed by atoms with Gasteiger partial charge in [-0.3, -0.25) is 4.90 Å². The molecule has 3 aromatic carbocycles. The van der Waals surface area contributed by atoms with E-state index in [2.05, 4.69) is 9.80 Å². The number of nitrogens with zero attached hydrogens (tertiary/aromatic N) is 2. The highest BCUT2D eigenvalue weighted by Gasteiger charge is 2.19. The smallest absolute Gasteiger partial charge is 0.123 e. The van der Waals surface area contributed by atoms with Crippen molar-refractivity contribution >= 4 is 0 Å². The van der Waals surface area contributed by atoms with Crippen LogP contribution in [-0.4, -0.2) is 60.8 Å². The minimum atomic E-state index is -0.548. The van der Waals surface area contributed by atoms with Crippen LogP contribution in [0.1, 0.15) is 41.7 Å². The Balaban J connectivity index is 1.18. The van der Waals surface area contributed by atoms with Crippen molar-refractivity contribution in [2.75, 3.05) is 45.9 Å². The maximum Gasteiger partial charge on any atom is 0.123 e. The topological polar surface area (TPSA) is 35.9 Å². The molecule has 4 rings (SSSR count). The molecule has 1 aliphatic rings. The van der Waals surface area contributed by atoms with E-state index in [1.165, 1.54) is 24.3 Å². The van der Waals surface area contributed by atoms with Crippen LogP contribution in [0.15, 0.2) is 78.9 Å². The Morgan fingerprint density at radius 3 is 1.80 bits per heavy atom. The first-order chi connectivity index (χ1) is 17.1. The van der Waals surface area contributed by atoms with Gasteiger partial charge in [-0.25, -0.2) is 8.78 Å². The lowest BCUT2D eigenvalue weighted by Gasteiger charge is -2.35. The zero-order valence-electron chi connectivity index (χ0n) is 20.0. The number of aliphatic hydroxyl groups excluding tert-OH is 1. The van der Waals surface area contributed by atoms with Crippen molar-refractivity contribution in [3.8, 4) is 0 Å². The summed E-state index contributed by atoms with van der Waals surface area (Å²) in [4.78, 5) is 4.84. The summed E-state index contributed by atoms with van der Waals surface area (Å²) in [6, 6.07) is 22.7. The SMILES string of the molecule is OC(CCCN1CCN(CCOC(c2ccccc2)c2ccc(F)cc2)CC1)c1ccc(F)cc1. The monoisotopic (exact) mass is 480 g/mol. The van der Waals surface area contributed by atoms with Gasteiger partial charge in [-0.1, -0.05) is 54.6 Å². The van der Waals surface area contributed by atoms with Crippen LogP contribution in [0.2, 0.25) is 0 Å². The fourth-order valence-corrected chi connectivity index (χ4v) is 4.55. The van der Waals surface area contributed by atoms with E-state index in [-0.39, 0.29) is 17.7 Å². The minimum absolute atomic E-state index is 0.217. The van der Waals surface area contributed by atoms with Crippen LogP contribution < -0.4 is 0 Å². The molecule has 0 saturated carbocycles. The van der Waals surface area contributed by atoms with Crippen molar-refractivity contribution in [1.29, 1.82) is 0 Å². The standard InChI is InChI=1S/C29H34F2N2O2/c30-26-12-8-23(9-13-26)28(34)7-4-16-32-17-19-33(20-18-32)21-22-35-29(24-5-2-1-3-6-24)25-10-14-27(31)15-11-25/h1-3,5-6,8-15,28-29,34H,4,7,16-22H2. The molecule has 4 nitrogen and oxygen atoms in total. The van der Waals surface area contributed by atoms with E-state index in [9.17, 15) is 13.9 Å². The second-order valence-corrected chi connectivity index (χ2v) is 9.11. The third-order valence-corrected chi connectivity index (χ3v) is 6.64. The highest BCUT2D eigenvalue weighted by atomic mass is 19.1. The van der Waals surface area contributed by atoms with Gasteiger partial charge in [0.25, 0.3) is 0 Å². The third-order valence-electron chi connectivity index (χ3n) is 6.64. The predicted octanol–water partition coefficient (Wildman–Crippen LogP) is 5.20. The summed E-state index contributed by atoms with van der Waals surface area (Å²) >= 11 is 0. The molecule has 35 heavy (non-hydrogen) atoms. The zero-order valence-corrected chi connectivity index (χ0v) is 20.0. The Labute approximate surface area is 206 Å². The number of rotatable bonds is 11. The summed E-state index contributed by atoms with van der Waals surface area (Å²) in [6.07, 6.45) is 0.806. The predicted molar refractivity (Wildman–Crippen MR) is 134 cm³/mol. The summed E-state index contributed by atoms with van der Waals surface area (Å²) in [7, 11) is 0. The number of aliphatic hydroxyl groups is 1. The average Bonchev–Trinajstić information content (AvgIpc) is 2.89. The molecule has 2 unspecified atom stereocenters. The van der Waals surface area contributed by atoms with Gasteiger partial charge in [-0.15, -0.1) is 0 Å². The molecule has 1 fully saturated rings. The molecule has 0 bridgehead atoms. The van der Waals surface area contributed by atoms with Crippen LogP contribution in [0.4, 0.5) is 8.78 Å². The second-order valence-electron chi connectivity index (χ2n) is 9.11. The first-order valence-corrected chi connectivity index (χ1v) is 12.4. The molecule has 0 amide bonds. The molecule has 6 heteroatoms. The van der Waals surface area contributed by atoms with Gasteiger partial charge in [0.2, 0.25) is 0 Å². The molecule has 2 atom stereocenters. The highest BCUT2D eigenvalue weighted by molar-refractivity contribution is 5.30. The summed E-state index contributed by atoms with van der Waals surface area (Å²) in [5.74, 6) is -0.529. The molecule has 0 spiro atoms. The summed E-state index contributed by atoms with van der Waals surface area (Å²) in [5.41, 5.74) is 2.78. The van der Waals surface area contributed by atoms with Gasteiger partial charge < -0.3 is 14.7 Å². The number of piperazine rings is 1. The lowest BCUT2D eigenvalue weighted by molar-refractivity contribution is 0.0444. The Morgan fingerprint density at radius 1 is 0.686 bits per heavy atom. The molecular weight excluding hydrogens is 446 g/mol. The van der Waals surface area contributed by atoms with Crippen LogP contribution in [0, 0.1) is 11.6 Å². The molecule has 186 valence electrons. The lowest BCUT2D eigenvalue weighted by Crippen LogP contribution is -2.47. The van der Waals surface area contributed by atoms with Crippen molar-refractivity contribution in [1.82, 2.24) is 9.80 Å². The van der Waals surface area contributed by atoms with Gasteiger partial charge in [-0.05, 0) is 60.3 Å². The Kier molecular flexibility index (Phi) is 9.37. The van der Waals surface area contributed by atoms with E-state index in [1.54, 1.807) is 24.3 Å². The second kappa shape index (κ2) is 12.9. The van der Waals surface area contributed by atoms with E-state index < -0.39 is 6.10 Å². The molecule has 1 aliphatic heterocycles. The van der Waals surface area contributed by atoms with E-state index >= 15 is 0 Å². The normalized spacial score (nSPS) is 16.8. The van der Waals surface area contributed by atoms with Crippen LogP contribution >= 0.6 is 0 Å². The van der Waals surface area contributed by atoms with Gasteiger partial charge in [0.05, 0.1) is 12.7 Å². The van der Waals surface area contributed by atoms with Crippen LogP contribution in [-0.2, 0) is 4.74 Å². The molecular formula is C29H34F2N2O2. The number of benzene rings is 3. The number of halogens is 2. The van der Waals surface area contributed by atoms with Gasteiger partial charge in [0.1, 0.15) is 17.7 Å². The van der Waals surface area contributed by atoms with E-state index in [0.29, 0.717) is 13.0 Å². The number of ether oxygens (including phenoxy) is 1. The molecule has 1 saturated heterocycles. The fourth-order valence-electron chi connectivity index (χ4n) is 4.55. The first kappa shape index (κ1) is 25.5. The van der Waals surface area contributed by atoms with Crippen molar-refractivity contribution < 1.29 is 18.6 Å². The zero-order chi connectivity index (χ0) is 24.5. The van der Waals surface area contributed by atoms with Crippen molar-refractivity contribution in [3.63, 3.8) is 0 Å². The van der Waals surface area contributed by atoms with Crippen molar-refractivity contribution in [2.24, 2.45) is 0 Å². The summed E-state index contributed by atoms with van der Waals surface area (Å²) in [5, 5.41) is 10.3. The van der Waals surface area contributed by atoms with Gasteiger partial charge in [-0.2, -0.15) is 0 Å². The molecule has 3 aromatic rings. The molecule has 0 radical (unpaired) electrons. The van der Waals surface area contributed by atoms with Gasteiger partial charge >= 0.3 is 0 Å². The van der Waals surface area contributed by atoms with Crippen molar-refractivity contribution in [3.05, 3.63) is 107 Å². The van der Waals surface area contributed by atoms with Crippen LogP contribution in [0.5, 0.6) is 0 Å². The van der Waals surface area contributed by atoms with E-state index in [0.717, 1.165) is 62.4 Å². The quantitative estimate of drug-likeness (QED) is 0.409. The fraction of sp³-hybridized carbons (Fsp3) is 0.379. The van der Waals surface area contributed by atoms with Crippen LogP contribution in [0.3, 0.4) is 0 Å². The number of hydrogen-bond donors (Lipinski definition) is 1. The van der Waals surface area contributed by atoms with Crippen molar-refractivity contribution in [2.45, 2.75) is 25.0 Å². The Morgan fingerprint density at radius 2 is 1.20 bits per heavy atom. The summed E-state index contributed by atoms with van der Waals surface area (Å²) in [6.45, 7) is 6.35. The lowest BCUT2D eigenvalue weighted by atomic mass is 10.0. The maximum absolute atomic E-state index is 13.4. The largest absolute Gasteiger partial charge is 0.388 e. The molecule has 1 N–H and O–H groups in total. The minimum Gasteiger partial charge on any atom is -0.388 e. The number of hydrogen-bond acceptors (Lipinski definition) is 4. The first-order valence-electron chi connectivity index (χ1n) is 12.4. The van der Waals surface area contributed by atoms with E-state index in [1.807, 2.05) is 30.3 Å². The van der Waals surface area contributed by atoms with Gasteiger partial charge in [0, 0.05) is 32.7 Å². The summed E-state index contributed by atoms with van der Waals surface area (Å²) < 4.78 is 32.8. The maximum atomic E-state index is 13.4. The third kappa shape index (κ3) is 7.67. The molecule has 0 aliphatic carbocycles.